The second-order valence-electron chi connectivity index (χ2n) is 4.57. The van der Waals surface area contributed by atoms with Crippen molar-refractivity contribution in [2.75, 3.05) is 6.61 Å². The minimum atomic E-state index is -0.340. The lowest BCUT2D eigenvalue weighted by Crippen LogP contribution is -2.35. The Kier molecular flexibility index (Phi) is 5.82. The maximum absolute atomic E-state index is 10.8. The van der Waals surface area contributed by atoms with E-state index in [1.165, 1.54) is 5.56 Å². The van der Waals surface area contributed by atoms with E-state index in [2.05, 4.69) is 24.4 Å². The first-order valence-corrected chi connectivity index (χ1v) is 6.30. The Balaban J connectivity index is 2.66. The van der Waals surface area contributed by atoms with E-state index in [0.29, 0.717) is 0 Å². The lowest BCUT2D eigenvalue weighted by molar-refractivity contribution is -0.118. The van der Waals surface area contributed by atoms with Crippen molar-refractivity contribution in [1.29, 1.82) is 0 Å². The fourth-order valence-corrected chi connectivity index (χ4v) is 1.94. The predicted molar refractivity (Wildman–Crippen MR) is 72.1 cm³/mol. The lowest BCUT2D eigenvalue weighted by Gasteiger charge is -2.21. The summed E-state index contributed by atoms with van der Waals surface area (Å²) in [6, 6.07) is 7.90. The maximum atomic E-state index is 10.8. The largest absolute Gasteiger partial charge is 0.394 e. The van der Waals surface area contributed by atoms with E-state index in [1.807, 2.05) is 19.1 Å². The van der Waals surface area contributed by atoms with Gasteiger partial charge in [0.15, 0.2) is 0 Å². The standard InChI is InChI=1S/C14H22N2O2/c1-3-11-4-6-12(7-5-11)13(9-17)16-10(2)8-14(15)18/h4-7,10,13,16-17H,3,8-9H2,1-2H3,(H2,15,18). The van der Waals surface area contributed by atoms with Gasteiger partial charge in [-0.05, 0) is 24.5 Å². The summed E-state index contributed by atoms with van der Waals surface area (Å²) in [6.07, 6.45) is 1.26. The Bertz CT molecular complexity index is 376. The molecule has 4 heteroatoms. The maximum Gasteiger partial charge on any atom is 0.218 e. The molecule has 0 saturated heterocycles. The first-order valence-electron chi connectivity index (χ1n) is 6.30. The van der Waals surface area contributed by atoms with E-state index >= 15 is 0 Å². The van der Waals surface area contributed by atoms with E-state index in [0.717, 1.165) is 12.0 Å². The van der Waals surface area contributed by atoms with Crippen LogP contribution in [0.15, 0.2) is 24.3 Å². The number of carbonyl (C=O) groups excluding carboxylic acids is 1. The second-order valence-corrected chi connectivity index (χ2v) is 4.57. The number of benzene rings is 1. The smallest absolute Gasteiger partial charge is 0.218 e. The molecule has 1 aromatic carbocycles. The van der Waals surface area contributed by atoms with Gasteiger partial charge >= 0.3 is 0 Å². The highest BCUT2D eigenvalue weighted by Gasteiger charge is 2.14. The summed E-state index contributed by atoms with van der Waals surface area (Å²) in [7, 11) is 0. The molecule has 0 saturated carbocycles. The van der Waals surface area contributed by atoms with Gasteiger partial charge in [-0.1, -0.05) is 31.2 Å². The molecule has 1 rings (SSSR count). The zero-order valence-electron chi connectivity index (χ0n) is 11.0. The molecular weight excluding hydrogens is 228 g/mol. The summed E-state index contributed by atoms with van der Waals surface area (Å²) in [4.78, 5) is 10.8. The molecule has 18 heavy (non-hydrogen) atoms. The number of rotatable bonds is 7. The molecule has 0 aliphatic rings. The van der Waals surface area contributed by atoms with Crippen LogP contribution in [0.3, 0.4) is 0 Å². The minimum absolute atomic E-state index is 0.00538. The Labute approximate surface area is 108 Å². The van der Waals surface area contributed by atoms with Gasteiger partial charge in [-0.15, -0.1) is 0 Å². The average Bonchev–Trinajstić information content (AvgIpc) is 2.35. The van der Waals surface area contributed by atoms with E-state index in [4.69, 9.17) is 5.73 Å². The van der Waals surface area contributed by atoms with E-state index in [-0.39, 0.29) is 31.0 Å². The van der Waals surface area contributed by atoms with Crippen molar-refractivity contribution in [1.82, 2.24) is 5.32 Å². The summed E-state index contributed by atoms with van der Waals surface area (Å²) in [5.74, 6) is -0.340. The monoisotopic (exact) mass is 250 g/mol. The molecule has 100 valence electrons. The Hall–Kier alpha value is -1.39. The highest BCUT2D eigenvalue weighted by Crippen LogP contribution is 2.15. The second kappa shape index (κ2) is 7.13. The molecule has 0 bridgehead atoms. The third-order valence-electron chi connectivity index (χ3n) is 2.97. The van der Waals surface area contributed by atoms with Crippen LogP contribution >= 0.6 is 0 Å². The van der Waals surface area contributed by atoms with Gasteiger partial charge in [-0.2, -0.15) is 0 Å². The number of hydrogen-bond donors (Lipinski definition) is 3. The summed E-state index contributed by atoms with van der Waals surface area (Å²) < 4.78 is 0. The molecule has 0 spiro atoms. The Morgan fingerprint density at radius 1 is 1.39 bits per heavy atom. The van der Waals surface area contributed by atoms with Gasteiger partial charge in [0, 0.05) is 12.5 Å². The topological polar surface area (TPSA) is 75.3 Å². The van der Waals surface area contributed by atoms with Gasteiger partial charge in [0.1, 0.15) is 0 Å². The number of nitrogens with two attached hydrogens (primary N) is 1. The highest BCUT2D eigenvalue weighted by molar-refractivity contribution is 5.74. The molecule has 0 aromatic heterocycles. The minimum Gasteiger partial charge on any atom is -0.394 e. The SMILES string of the molecule is CCc1ccc(C(CO)NC(C)CC(N)=O)cc1. The van der Waals surface area contributed by atoms with Crippen LogP contribution in [0.4, 0.5) is 0 Å². The number of aliphatic hydroxyl groups excluding tert-OH is 1. The first kappa shape index (κ1) is 14.7. The zero-order chi connectivity index (χ0) is 13.5. The predicted octanol–water partition coefficient (Wildman–Crippen LogP) is 1.14. The first-order chi connectivity index (χ1) is 8.56. The normalized spacial score (nSPS) is 14.2. The van der Waals surface area contributed by atoms with Gasteiger partial charge in [0.25, 0.3) is 0 Å². The molecule has 2 unspecified atom stereocenters. The van der Waals surface area contributed by atoms with E-state index in [9.17, 15) is 9.90 Å². The molecular formula is C14H22N2O2. The molecule has 0 aliphatic heterocycles. The Morgan fingerprint density at radius 2 is 2.00 bits per heavy atom. The van der Waals surface area contributed by atoms with E-state index < -0.39 is 0 Å². The summed E-state index contributed by atoms with van der Waals surface area (Å²) in [6.45, 7) is 3.98. The zero-order valence-corrected chi connectivity index (χ0v) is 11.0. The molecule has 0 heterocycles. The summed E-state index contributed by atoms with van der Waals surface area (Å²) in [5.41, 5.74) is 7.43. The molecule has 4 N–H and O–H groups in total. The number of carbonyl (C=O) groups is 1. The van der Waals surface area contributed by atoms with Crippen molar-refractivity contribution in [3.63, 3.8) is 0 Å². The third-order valence-corrected chi connectivity index (χ3v) is 2.97. The number of nitrogens with one attached hydrogen (secondary N) is 1. The van der Waals surface area contributed by atoms with Gasteiger partial charge in [0.05, 0.1) is 12.6 Å². The van der Waals surface area contributed by atoms with Crippen LogP contribution in [0.5, 0.6) is 0 Å². The van der Waals surface area contributed by atoms with Crippen LogP contribution in [-0.4, -0.2) is 23.7 Å². The fraction of sp³-hybridized carbons (Fsp3) is 0.500. The highest BCUT2D eigenvalue weighted by atomic mass is 16.3. The van der Waals surface area contributed by atoms with Crippen LogP contribution in [0.25, 0.3) is 0 Å². The number of amides is 1. The van der Waals surface area contributed by atoms with Gasteiger partial charge in [-0.25, -0.2) is 0 Å². The van der Waals surface area contributed by atoms with Gasteiger partial charge in [0.2, 0.25) is 5.91 Å². The lowest BCUT2D eigenvalue weighted by atomic mass is 10.0. The quantitative estimate of drug-likeness (QED) is 0.679. The van der Waals surface area contributed by atoms with Crippen LogP contribution in [0.1, 0.15) is 37.4 Å². The van der Waals surface area contributed by atoms with Crippen LogP contribution in [0, 0.1) is 0 Å². The van der Waals surface area contributed by atoms with Crippen molar-refractivity contribution in [2.45, 2.75) is 38.8 Å². The average molecular weight is 250 g/mol. The summed E-state index contributed by atoms with van der Waals surface area (Å²) in [5, 5.41) is 12.6. The number of primary amides is 1. The Morgan fingerprint density at radius 3 is 2.44 bits per heavy atom. The van der Waals surface area contributed by atoms with Crippen molar-refractivity contribution in [3.8, 4) is 0 Å². The number of aliphatic hydroxyl groups is 1. The third kappa shape index (κ3) is 4.47. The number of hydrogen-bond acceptors (Lipinski definition) is 3. The van der Waals surface area contributed by atoms with Crippen LogP contribution < -0.4 is 11.1 Å². The molecule has 0 radical (unpaired) electrons. The van der Waals surface area contributed by atoms with Crippen molar-refractivity contribution in [3.05, 3.63) is 35.4 Å². The number of aryl methyl sites for hydroxylation is 1. The fourth-order valence-electron chi connectivity index (χ4n) is 1.94. The van der Waals surface area contributed by atoms with Crippen molar-refractivity contribution in [2.24, 2.45) is 5.73 Å². The van der Waals surface area contributed by atoms with Crippen LogP contribution in [0.2, 0.25) is 0 Å². The van der Waals surface area contributed by atoms with E-state index in [1.54, 1.807) is 0 Å². The summed E-state index contributed by atoms with van der Waals surface area (Å²) >= 11 is 0. The molecule has 1 amide bonds. The molecule has 0 fully saturated rings. The van der Waals surface area contributed by atoms with Gasteiger partial charge < -0.3 is 16.2 Å². The molecule has 2 atom stereocenters. The van der Waals surface area contributed by atoms with Crippen LogP contribution in [-0.2, 0) is 11.2 Å². The molecule has 1 aromatic rings. The van der Waals surface area contributed by atoms with Gasteiger partial charge in [-0.3, -0.25) is 4.79 Å². The van der Waals surface area contributed by atoms with Crippen molar-refractivity contribution >= 4 is 5.91 Å². The molecule has 0 aliphatic carbocycles. The van der Waals surface area contributed by atoms with Crippen molar-refractivity contribution < 1.29 is 9.90 Å². The molecule has 4 nitrogen and oxygen atoms in total.